The number of amides is 2. The monoisotopic (exact) mass is 432 g/mol. The van der Waals surface area contributed by atoms with Crippen molar-refractivity contribution in [3.63, 3.8) is 0 Å². The van der Waals surface area contributed by atoms with Gasteiger partial charge in [-0.1, -0.05) is 28.1 Å². The Bertz CT molecular complexity index is 968. The van der Waals surface area contributed by atoms with Gasteiger partial charge < -0.3 is 10.1 Å². The number of hydrogen-bond donors (Lipinski definition) is 1. The van der Waals surface area contributed by atoms with Crippen LogP contribution in [0.5, 0.6) is 5.75 Å². The third-order valence-electron chi connectivity index (χ3n) is 4.48. The maximum Gasteiger partial charge on any atom is 0.326 e. The van der Waals surface area contributed by atoms with E-state index in [1.54, 1.807) is 12.3 Å². The van der Waals surface area contributed by atoms with Crippen LogP contribution in [-0.4, -0.2) is 24.1 Å². The van der Waals surface area contributed by atoms with Crippen LogP contribution in [0, 0.1) is 11.6 Å². The van der Waals surface area contributed by atoms with Gasteiger partial charge in [0.2, 0.25) is 0 Å². The number of benzene rings is 2. The number of hydrogen-bond acceptors (Lipinski definition) is 2. The van der Waals surface area contributed by atoms with Crippen LogP contribution in [0.1, 0.15) is 11.1 Å². The van der Waals surface area contributed by atoms with E-state index in [2.05, 4.69) is 21.2 Å². The van der Waals surface area contributed by atoms with E-state index in [1.807, 2.05) is 18.2 Å². The average molecular weight is 433 g/mol. The van der Waals surface area contributed by atoms with Gasteiger partial charge in [0, 0.05) is 17.1 Å². The Balaban J connectivity index is 1.54. The van der Waals surface area contributed by atoms with Crippen LogP contribution in [-0.2, 0) is 6.42 Å². The molecule has 0 spiro atoms. The molecule has 0 saturated carbocycles. The molecule has 2 heterocycles. The molecule has 2 aliphatic rings. The number of nitrogens with zero attached hydrogens (tertiary/aromatic N) is 1. The lowest BCUT2D eigenvalue weighted by atomic mass is 10.0. The van der Waals surface area contributed by atoms with Gasteiger partial charge in [-0.2, -0.15) is 0 Å². The average Bonchev–Trinajstić information content (AvgIpc) is 3.11. The van der Waals surface area contributed by atoms with Crippen molar-refractivity contribution in [3.05, 3.63) is 75.9 Å². The fourth-order valence-corrected chi connectivity index (χ4v) is 3.75. The molecule has 0 fully saturated rings. The van der Waals surface area contributed by atoms with Gasteiger partial charge >= 0.3 is 6.03 Å². The van der Waals surface area contributed by atoms with E-state index in [0.29, 0.717) is 6.61 Å². The van der Waals surface area contributed by atoms with Gasteiger partial charge in [-0.15, -0.1) is 0 Å². The first-order chi connectivity index (χ1) is 13.0. The molecule has 0 radical (unpaired) electrons. The highest BCUT2D eigenvalue weighted by Gasteiger charge is 2.22. The van der Waals surface area contributed by atoms with E-state index >= 15 is 0 Å². The summed E-state index contributed by atoms with van der Waals surface area (Å²) in [6.07, 6.45) is 6.05. The third kappa shape index (κ3) is 3.47. The first kappa shape index (κ1) is 17.7. The topological polar surface area (TPSA) is 41.6 Å². The molecule has 0 aromatic heterocycles. The number of carbonyl (C=O) groups excluding carboxylic acids is 1. The predicted octanol–water partition coefficient (Wildman–Crippen LogP) is 5.11. The molecule has 2 aromatic carbocycles. The van der Waals surface area contributed by atoms with Crippen LogP contribution in [0.4, 0.5) is 19.3 Å². The second-order valence-corrected chi connectivity index (χ2v) is 7.08. The van der Waals surface area contributed by atoms with Crippen molar-refractivity contribution in [2.45, 2.75) is 6.42 Å². The Morgan fingerprint density at radius 3 is 2.78 bits per heavy atom. The van der Waals surface area contributed by atoms with Crippen LogP contribution in [0.3, 0.4) is 0 Å². The zero-order valence-corrected chi connectivity index (χ0v) is 15.7. The number of halogens is 3. The van der Waals surface area contributed by atoms with Crippen LogP contribution in [0.25, 0.3) is 5.57 Å². The van der Waals surface area contributed by atoms with E-state index < -0.39 is 23.4 Å². The molecule has 0 aliphatic carbocycles. The molecular weight excluding hydrogens is 418 g/mol. The van der Waals surface area contributed by atoms with Gasteiger partial charge in [-0.3, -0.25) is 4.90 Å². The lowest BCUT2D eigenvalue weighted by Crippen LogP contribution is -2.33. The molecule has 0 saturated heterocycles. The number of para-hydroxylation sites is 1. The van der Waals surface area contributed by atoms with Crippen LogP contribution < -0.4 is 10.1 Å². The summed E-state index contributed by atoms with van der Waals surface area (Å²) in [5.74, 6) is -0.801. The van der Waals surface area contributed by atoms with E-state index in [-0.39, 0.29) is 6.54 Å². The number of allylic oxidation sites excluding steroid dienone is 2. The maximum atomic E-state index is 13.8. The molecule has 0 bridgehead atoms. The predicted molar refractivity (Wildman–Crippen MR) is 103 cm³/mol. The number of rotatable bonds is 2. The lowest BCUT2D eigenvalue weighted by Gasteiger charge is -2.24. The molecule has 138 valence electrons. The Hall–Kier alpha value is -2.67. The number of urea groups is 1. The first-order valence-electron chi connectivity index (χ1n) is 8.37. The largest absolute Gasteiger partial charge is 0.493 e. The second kappa shape index (κ2) is 7.15. The summed E-state index contributed by atoms with van der Waals surface area (Å²) in [5, 5.41) is 2.30. The minimum atomic E-state index is -0.821. The number of fused-ring (bicyclic) bond motifs is 1. The summed E-state index contributed by atoms with van der Waals surface area (Å²) in [6, 6.07) is 6.79. The van der Waals surface area contributed by atoms with Gasteiger partial charge in [0.05, 0.1) is 13.2 Å². The number of carbonyl (C=O) groups is 1. The van der Waals surface area contributed by atoms with Crippen molar-refractivity contribution in [2.24, 2.45) is 0 Å². The molecule has 7 heteroatoms. The molecule has 2 aliphatic heterocycles. The fourth-order valence-electron chi connectivity index (χ4n) is 3.10. The van der Waals surface area contributed by atoms with Crippen molar-refractivity contribution in [1.82, 2.24) is 4.90 Å². The highest BCUT2D eigenvalue weighted by molar-refractivity contribution is 9.10. The summed E-state index contributed by atoms with van der Waals surface area (Å²) in [5.41, 5.74) is 2.48. The summed E-state index contributed by atoms with van der Waals surface area (Å²) in [6.45, 7) is 0.919. The van der Waals surface area contributed by atoms with E-state index in [1.165, 1.54) is 11.0 Å². The van der Waals surface area contributed by atoms with Gasteiger partial charge in [0.25, 0.3) is 0 Å². The first-order valence-corrected chi connectivity index (χ1v) is 9.17. The van der Waals surface area contributed by atoms with Crippen molar-refractivity contribution in [1.29, 1.82) is 0 Å². The zero-order chi connectivity index (χ0) is 19.0. The Labute approximate surface area is 163 Å². The summed E-state index contributed by atoms with van der Waals surface area (Å²) >= 11 is 3.58. The van der Waals surface area contributed by atoms with Crippen molar-refractivity contribution < 1.29 is 18.3 Å². The standard InChI is InChI=1S/C20H15BrF2N2O2/c21-15-9-12-6-8-27-18(12)10-14(15)13-3-2-7-25(11-13)20(26)24-19-16(22)4-1-5-17(19)23/h1-5,7,9-10H,6,8,11H2,(H,24,26). The SMILES string of the molecule is O=C(Nc1c(F)cccc1F)N1C=CC=C(c2cc3c(cc2Br)CCO3)C1. The normalized spacial score (nSPS) is 15.2. The molecular formula is C20H15BrF2N2O2. The smallest absolute Gasteiger partial charge is 0.326 e. The van der Waals surface area contributed by atoms with E-state index in [4.69, 9.17) is 4.74 Å². The third-order valence-corrected chi connectivity index (χ3v) is 5.14. The van der Waals surface area contributed by atoms with Gasteiger partial charge in [0.15, 0.2) is 0 Å². The quantitative estimate of drug-likeness (QED) is 0.716. The number of nitrogens with one attached hydrogen (secondary N) is 1. The van der Waals surface area contributed by atoms with Gasteiger partial charge in [-0.05, 0) is 47.0 Å². The summed E-state index contributed by atoms with van der Waals surface area (Å²) in [4.78, 5) is 13.9. The number of ether oxygens (including phenoxy) is 1. The van der Waals surface area contributed by atoms with Gasteiger partial charge in [0.1, 0.15) is 23.1 Å². The molecule has 4 rings (SSSR count). The van der Waals surface area contributed by atoms with Crippen molar-refractivity contribution in [2.75, 3.05) is 18.5 Å². The van der Waals surface area contributed by atoms with Crippen LogP contribution >= 0.6 is 15.9 Å². The molecule has 4 nitrogen and oxygen atoms in total. The van der Waals surface area contributed by atoms with E-state index in [0.717, 1.165) is 45.5 Å². The molecule has 27 heavy (non-hydrogen) atoms. The Morgan fingerprint density at radius 1 is 1.22 bits per heavy atom. The molecule has 2 amide bonds. The lowest BCUT2D eigenvalue weighted by molar-refractivity contribution is 0.232. The highest BCUT2D eigenvalue weighted by Crippen LogP contribution is 2.36. The van der Waals surface area contributed by atoms with Crippen LogP contribution in [0.2, 0.25) is 0 Å². The van der Waals surface area contributed by atoms with Crippen molar-refractivity contribution in [3.8, 4) is 5.75 Å². The molecule has 1 N–H and O–H groups in total. The van der Waals surface area contributed by atoms with E-state index in [9.17, 15) is 13.6 Å². The number of anilines is 1. The molecule has 2 aromatic rings. The van der Waals surface area contributed by atoms with Gasteiger partial charge in [-0.25, -0.2) is 13.6 Å². The summed E-state index contributed by atoms with van der Waals surface area (Å²) in [7, 11) is 0. The Morgan fingerprint density at radius 2 is 2.00 bits per heavy atom. The fraction of sp³-hybridized carbons (Fsp3) is 0.150. The minimum absolute atomic E-state index is 0.260. The molecule has 0 atom stereocenters. The second-order valence-electron chi connectivity index (χ2n) is 6.23. The summed E-state index contributed by atoms with van der Waals surface area (Å²) < 4.78 is 34.1. The molecule has 0 unspecified atom stereocenters. The maximum absolute atomic E-state index is 13.8. The van der Waals surface area contributed by atoms with Crippen molar-refractivity contribution >= 4 is 33.2 Å². The Kier molecular flexibility index (Phi) is 4.70. The van der Waals surface area contributed by atoms with Crippen LogP contribution in [0.15, 0.2) is 53.2 Å². The minimum Gasteiger partial charge on any atom is -0.493 e. The highest BCUT2D eigenvalue weighted by atomic mass is 79.9. The zero-order valence-electron chi connectivity index (χ0n) is 14.1.